The number of amides is 2. The molecule has 6 nitrogen and oxygen atoms in total. The lowest BCUT2D eigenvalue weighted by molar-refractivity contribution is -0.123. The summed E-state index contributed by atoms with van der Waals surface area (Å²) in [5.74, 6) is 0.867. The van der Waals surface area contributed by atoms with Gasteiger partial charge in [0.15, 0.2) is 0 Å². The average molecular weight is 430 g/mol. The molecular weight excluding hydrogens is 398 g/mol. The maximum Gasteiger partial charge on any atom is 0.264 e. The Hall–Kier alpha value is -2.38. The fourth-order valence-corrected chi connectivity index (χ4v) is 4.33. The van der Waals surface area contributed by atoms with Crippen molar-refractivity contribution in [3.63, 3.8) is 0 Å². The molecule has 1 aromatic heterocycles. The minimum Gasteiger partial charge on any atom is -0.497 e. The van der Waals surface area contributed by atoms with E-state index in [2.05, 4.69) is 22.3 Å². The second-order valence-electron chi connectivity index (χ2n) is 8.74. The molecule has 0 aliphatic carbocycles. The average Bonchev–Trinajstić information content (AvgIpc) is 3.08. The smallest absolute Gasteiger partial charge is 0.264 e. The minimum atomic E-state index is -0.470. The molecule has 1 fully saturated rings. The summed E-state index contributed by atoms with van der Waals surface area (Å²) in [5.41, 5.74) is 1.68. The van der Waals surface area contributed by atoms with E-state index in [1.54, 1.807) is 7.11 Å². The number of carbonyl (C=O) groups excluding carboxylic acids is 2. The van der Waals surface area contributed by atoms with E-state index in [9.17, 15) is 9.59 Å². The molecule has 2 heterocycles. The van der Waals surface area contributed by atoms with Gasteiger partial charge in [-0.3, -0.25) is 14.5 Å². The third-order valence-corrected chi connectivity index (χ3v) is 6.40. The van der Waals surface area contributed by atoms with Gasteiger partial charge in [-0.15, -0.1) is 11.3 Å². The van der Waals surface area contributed by atoms with Gasteiger partial charge in [-0.1, -0.05) is 32.9 Å². The third kappa shape index (κ3) is 5.40. The molecule has 0 unspecified atom stereocenters. The van der Waals surface area contributed by atoms with Crippen LogP contribution in [-0.4, -0.2) is 54.9 Å². The Morgan fingerprint density at radius 1 is 1.10 bits per heavy atom. The van der Waals surface area contributed by atoms with Gasteiger partial charge in [-0.05, 0) is 36.2 Å². The molecule has 1 N–H and O–H groups in total. The van der Waals surface area contributed by atoms with Crippen molar-refractivity contribution in [3.8, 4) is 5.75 Å². The van der Waals surface area contributed by atoms with Gasteiger partial charge in [0, 0.05) is 38.1 Å². The number of hydrogen-bond donors (Lipinski definition) is 1. The Morgan fingerprint density at radius 3 is 2.30 bits per heavy atom. The number of nitrogens with zero attached hydrogens (tertiary/aromatic N) is 2. The van der Waals surface area contributed by atoms with Crippen LogP contribution in [0.4, 0.5) is 5.00 Å². The van der Waals surface area contributed by atoms with E-state index in [1.165, 1.54) is 16.9 Å². The monoisotopic (exact) mass is 429 g/mol. The molecule has 2 aromatic rings. The van der Waals surface area contributed by atoms with Crippen LogP contribution < -0.4 is 10.1 Å². The van der Waals surface area contributed by atoms with Crippen LogP contribution in [0.25, 0.3) is 0 Å². The molecule has 162 valence electrons. The van der Waals surface area contributed by atoms with Gasteiger partial charge in [-0.25, -0.2) is 0 Å². The van der Waals surface area contributed by atoms with Crippen molar-refractivity contribution in [1.29, 1.82) is 0 Å². The van der Waals surface area contributed by atoms with Gasteiger partial charge in [-0.2, -0.15) is 0 Å². The number of carbonyl (C=O) groups is 2. The van der Waals surface area contributed by atoms with Crippen LogP contribution in [0, 0.1) is 12.3 Å². The molecule has 1 aliphatic heterocycles. The van der Waals surface area contributed by atoms with Crippen LogP contribution in [-0.2, 0) is 11.3 Å². The van der Waals surface area contributed by atoms with Gasteiger partial charge >= 0.3 is 0 Å². The fourth-order valence-electron chi connectivity index (χ4n) is 3.30. The highest BCUT2D eigenvalue weighted by Crippen LogP contribution is 2.30. The van der Waals surface area contributed by atoms with Crippen molar-refractivity contribution in [2.45, 2.75) is 34.2 Å². The largest absolute Gasteiger partial charge is 0.497 e. The third-order valence-electron chi connectivity index (χ3n) is 5.25. The molecule has 0 bridgehead atoms. The maximum atomic E-state index is 13.0. The zero-order valence-electron chi connectivity index (χ0n) is 18.4. The number of rotatable bonds is 5. The number of anilines is 1. The molecule has 2 amide bonds. The highest BCUT2D eigenvalue weighted by atomic mass is 32.1. The van der Waals surface area contributed by atoms with E-state index >= 15 is 0 Å². The van der Waals surface area contributed by atoms with Crippen molar-refractivity contribution in [2.75, 3.05) is 38.6 Å². The second kappa shape index (κ2) is 9.18. The summed E-state index contributed by atoms with van der Waals surface area (Å²) in [4.78, 5) is 30.3. The Kier molecular flexibility index (Phi) is 6.83. The molecule has 0 saturated carbocycles. The Labute approximate surface area is 182 Å². The number of methoxy groups -OCH3 is 1. The number of hydrogen-bond acceptors (Lipinski definition) is 5. The van der Waals surface area contributed by atoms with E-state index in [0.29, 0.717) is 18.0 Å². The number of thiophene rings is 1. The zero-order valence-corrected chi connectivity index (χ0v) is 19.3. The van der Waals surface area contributed by atoms with E-state index in [1.807, 2.05) is 50.8 Å². The van der Waals surface area contributed by atoms with Crippen LogP contribution in [0.3, 0.4) is 0 Å². The minimum absolute atomic E-state index is 0.0464. The summed E-state index contributed by atoms with van der Waals surface area (Å²) in [6.45, 7) is 11.5. The standard InChI is InChI=1S/C23H31N3O3S/c1-16-14-19(24-22(28)23(2,3)4)30-20(16)21(27)26-12-10-25(11-13-26)15-17-6-8-18(29-5)9-7-17/h6-9,14H,10-13,15H2,1-5H3,(H,24,28). The molecule has 0 radical (unpaired) electrons. The van der Waals surface area contributed by atoms with Crippen molar-refractivity contribution < 1.29 is 14.3 Å². The van der Waals surface area contributed by atoms with E-state index < -0.39 is 5.41 Å². The first kappa shape index (κ1) is 22.3. The van der Waals surface area contributed by atoms with Gasteiger partial charge in [0.05, 0.1) is 17.0 Å². The molecule has 7 heteroatoms. The predicted octanol–water partition coefficient (Wildman–Crippen LogP) is 4.01. The summed E-state index contributed by atoms with van der Waals surface area (Å²) in [5, 5.41) is 3.67. The fraction of sp³-hybridized carbons (Fsp3) is 0.478. The molecule has 1 saturated heterocycles. The SMILES string of the molecule is COc1ccc(CN2CCN(C(=O)c3sc(NC(=O)C(C)(C)C)cc3C)CC2)cc1. The number of nitrogens with one attached hydrogen (secondary N) is 1. The molecule has 1 aliphatic rings. The first-order chi connectivity index (χ1) is 14.2. The van der Waals surface area contributed by atoms with Crippen molar-refractivity contribution in [2.24, 2.45) is 5.41 Å². The highest BCUT2D eigenvalue weighted by molar-refractivity contribution is 7.18. The summed E-state index contributed by atoms with van der Waals surface area (Å²) in [6.07, 6.45) is 0. The van der Waals surface area contributed by atoms with Crippen LogP contribution in [0.2, 0.25) is 0 Å². The van der Waals surface area contributed by atoms with Gasteiger partial charge in [0.1, 0.15) is 5.75 Å². The second-order valence-corrected chi connectivity index (χ2v) is 9.80. The highest BCUT2D eigenvalue weighted by Gasteiger charge is 2.26. The lowest BCUT2D eigenvalue weighted by Crippen LogP contribution is -2.48. The predicted molar refractivity (Wildman–Crippen MR) is 121 cm³/mol. The summed E-state index contributed by atoms with van der Waals surface area (Å²) in [7, 11) is 1.67. The van der Waals surface area contributed by atoms with Crippen LogP contribution in [0.5, 0.6) is 5.75 Å². The molecule has 1 aromatic carbocycles. The normalized spacial score (nSPS) is 15.2. The van der Waals surface area contributed by atoms with Crippen molar-refractivity contribution in [1.82, 2.24) is 9.80 Å². The first-order valence-corrected chi connectivity index (χ1v) is 11.1. The Morgan fingerprint density at radius 2 is 1.73 bits per heavy atom. The van der Waals surface area contributed by atoms with Crippen LogP contribution >= 0.6 is 11.3 Å². The molecular formula is C23H31N3O3S. The lowest BCUT2D eigenvalue weighted by Gasteiger charge is -2.34. The first-order valence-electron chi connectivity index (χ1n) is 10.2. The Bertz CT molecular complexity index is 891. The van der Waals surface area contributed by atoms with Crippen LogP contribution in [0.15, 0.2) is 30.3 Å². The van der Waals surface area contributed by atoms with Crippen molar-refractivity contribution >= 4 is 28.2 Å². The number of aryl methyl sites for hydroxylation is 1. The topological polar surface area (TPSA) is 61.9 Å². The van der Waals surface area contributed by atoms with E-state index in [-0.39, 0.29) is 11.8 Å². The number of ether oxygens (including phenoxy) is 1. The summed E-state index contributed by atoms with van der Waals surface area (Å²) in [6, 6.07) is 10.0. The van der Waals surface area contributed by atoms with E-state index in [0.717, 1.165) is 35.9 Å². The number of benzene rings is 1. The summed E-state index contributed by atoms with van der Waals surface area (Å²) < 4.78 is 5.21. The molecule has 0 spiro atoms. The maximum absolute atomic E-state index is 13.0. The van der Waals surface area contributed by atoms with Crippen LogP contribution in [0.1, 0.15) is 41.6 Å². The van der Waals surface area contributed by atoms with Gasteiger partial charge in [0.25, 0.3) is 5.91 Å². The quantitative estimate of drug-likeness (QED) is 0.780. The zero-order chi connectivity index (χ0) is 21.9. The van der Waals surface area contributed by atoms with Gasteiger partial charge in [0.2, 0.25) is 5.91 Å². The van der Waals surface area contributed by atoms with Gasteiger partial charge < -0.3 is 15.0 Å². The summed E-state index contributed by atoms with van der Waals surface area (Å²) >= 11 is 1.36. The molecule has 3 rings (SSSR count). The number of piperazine rings is 1. The van der Waals surface area contributed by atoms with Crippen molar-refractivity contribution in [3.05, 3.63) is 46.3 Å². The molecule has 30 heavy (non-hydrogen) atoms. The Balaban J connectivity index is 1.56. The molecule has 0 atom stereocenters. The lowest BCUT2D eigenvalue weighted by atomic mass is 9.96. The van der Waals surface area contributed by atoms with E-state index in [4.69, 9.17) is 4.74 Å².